The number of amides is 1. The molecule has 232 valence electrons. The SMILES string of the molecule is COc1cc(CCOc2cc3c(cc2OC)CCN(C(=O)CCC(F)(F)F)C3c2ccc(C(F)(F)F)cc2C)ccc1N. The molecule has 1 heterocycles. The standard InChI is InChI=1S/C31H32F6N2O4/c1-18-14-21(31(35,36)37)5-6-22(18)29-23-17-27(43-13-10-19-4-7-24(38)25(15-19)41-2)26(42-3)16-20(23)9-12-39(29)28(40)8-11-30(32,33)34/h4-7,14-17,29H,8-13,38H2,1-3H3. The van der Waals surface area contributed by atoms with Gasteiger partial charge in [-0.25, -0.2) is 0 Å². The van der Waals surface area contributed by atoms with Crippen LogP contribution in [-0.2, 0) is 23.8 Å². The topological polar surface area (TPSA) is 74.0 Å². The van der Waals surface area contributed by atoms with E-state index in [4.69, 9.17) is 19.9 Å². The molecule has 0 saturated carbocycles. The van der Waals surface area contributed by atoms with E-state index in [1.807, 2.05) is 6.07 Å². The molecule has 1 aliphatic heterocycles. The molecule has 1 atom stereocenters. The number of nitrogens with two attached hydrogens (primary N) is 1. The summed E-state index contributed by atoms with van der Waals surface area (Å²) in [6.45, 7) is 1.77. The number of fused-ring (bicyclic) bond motifs is 1. The number of rotatable bonds is 9. The molecule has 12 heteroatoms. The van der Waals surface area contributed by atoms with Crippen LogP contribution in [0.3, 0.4) is 0 Å². The summed E-state index contributed by atoms with van der Waals surface area (Å²) >= 11 is 0. The molecule has 0 spiro atoms. The second-order valence-electron chi connectivity index (χ2n) is 10.3. The van der Waals surface area contributed by atoms with E-state index in [2.05, 4.69) is 0 Å². The molecule has 1 unspecified atom stereocenters. The molecule has 4 rings (SSSR count). The minimum absolute atomic E-state index is 0.0805. The Morgan fingerprint density at radius 3 is 2.28 bits per heavy atom. The fourth-order valence-electron chi connectivity index (χ4n) is 5.24. The second-order valence-corrected chi connectivity index (χ2v) is 10.3. The molecule has 6 nitrogen and oxygen atoms in total. The third kappa shape index (κ3) is 7.47. The zero-order valence-electron chi connectivity index (χ0n) is 23.9. The Balaban J connectivity index is 1.71. The lowest BCUT2D eigenvalue weighted by atomic mass is 9.85. The maximum Gasteiger partial charge on any atom is 0.416 e. The number of carbonyl (C=O) groups excluding carboxylic acids is 1. The maximum atomic E-state index is 13.4. The molecule has 0 bridgehead atoms. The van der Waals surface area contributed by atoms with Crippen LogP contribution in [0.2, 0.25) is 0 Å². The zero-order valence-corrected chi connectivity index (χ0v) is 23.9. The van der Waals surface area contributed by atoms with Crippen LogP contribution in [0.4, 0.5) is 32.0 Å². The van der Waals surface area contributed by atoms with Crippen LogP contribution < -0.4 is 19.9 Å². The van der Waals surface area contributed by atoms with Gasteiger partial charge in [-0.3, -0.25) is 4.79 Å². The Kier molecular flexibility index (Phi) is 9.36. The van der Waals surface area contributed by atoms with Crippen LogP contribution >= 0.6 is 0 Å². The van der Waals surface area contributed by atoms with Crippen molar-refractivity contribution in [3.63, 3.8) is 0 Å². The van der Waals surface area contributed by atoms with E-state index < -0.39 is 42.7 Å². The summed E-state index contributed by atoms with van der Waals surface area (Å²) in [7, 11) is 2.97. The van der Waals surface area contributed by atoms with E-state index in [0.717, 1.165) is 23.3 Å². The molecule has 0 fully saturated rings. The second kappa shape index (κ2) is 12.6. The highest BCUT2D eigenvalue weighted by Gasteiger charge is 2.37. The first kappa shape index (κ1) is 31.8. The number of nitrogens with zero attached hydrogens (tertiary/aromatic N) is 1. The largest absolute Gasteiger partial charge is 0.495 e. The molecular weight excluding hydrogens is 578 g/mol. The summed E-state index contributed by atoms with van der Waals surface area (Å²) in [4.78, 5) is 14.5. The minimum Gasteiger partial charge on any atom is -0.495 e. The lowest BCUT2D eigenvalue weighted by molar-refractivity contribution is -0.150. The molecule has 43 heavy (non-hydrogen) atoms. The van der Waals surface area contributed by atoms with Crippen LogP contribution in [0.1, 0.15) is 52.3 Å². The average Bonchev–Trinajstić information content (AvgIpc) is 2.95. The monoisotopic (exact) mass is 610 g/mol. The van der Waals surface area contributed by atoms with Gasteiger partial charge in [0, 0.05) is 19.4 Å². The normalized spacial score (nSPS) is 15.2. The highest BCUT2D eigenvalue weighted by atomic mass is 19.4. The molecule has 0 radical (unpaired) electrons. The predicted octanol–water partition coefficient (Wildman–Crippen LogP) is 7.05. The Hall–Kier alpha value is -4.09. The van der Waals surface area contributed by atoms with E-state index in [1.54, 1.807) is 24.3 Å². The van der Waals surface area contributed by atoms with Crippen molar-refractivity contribution < 1.29 is 45.3 Å². The number of anilines is 1. The van der Waals surface area contributed by atoms with Crippen molar-refractivity contribution in [2.24, 2.45) is 0 Å². The fourth-order valence-corrected chi connectivity index (χ4v) is 5.24. The van der Waals surface area contributed by atoms with Gasteiger partial charge >= 0.3 is 12.4 Å². The summed E-state index contributed by atoms with van der Waals surface area (Å²) in [5.41, 5.74) is 8.31. The summed E-state index contributed by atoms with van der Waals surface area (Å²) in [5.74, 6) is 0.507. The molecule has 0 aromatic heterocycles. The number of methoxy groups -OCH3 is 2. The summed E-state index contributed by atoms with van der Waals surface area (Å²) in [6.07, 6.45) is -10.4. The summed E-state index contributed by atoms with van der Waals surface area (Å²) < 4.78 is 96.1. The van der Waals surface area contributed by atoms with E-state index in [1.165, 1.54) is 32.1 Å². The number of nitrogen functional groups attached to an aromatic ring is 1. The van der Waals surface area contributed by atoms with Crippen LogP contribution in [-0.4, -0.2) is 44.4 Å². The Morgan fingerprint density at radius 2 is 1.65 bits per heavy atom. The van der Waals surface area contributed by atoms with Gasteiger partial charge in [-0.2, -0.15) is 26.3 Å². The van der Waals surface area contributed by atoms with Crippen molar-refractivity contribution in [1.82, 2.24) is 4.90 Å². The fraction of sp³-hybridized carbons (Fsp3) is 0.387. The van der Waals surface area contributed by atoms with Gasteiger partial charge in [-0.1, -0.05) is 12.1 Å². The minimum atomic E-state index is -4.58. The molecular formula is C31H32F6N2O4. The van der Waals surface area contributed by atoms with Gasteiger partial charge < -0.3 is 24.8 Å². The number of hydrogen-bond donors (Lipinski definition) is 1. The molecule has 1 amide bonds. The van der Waals surface area contributed by atoms with Crippen molar-refractivity contribution in [1.29, 1.82) is 0 Å². The number of benzene rings is 3. The molecule has 0 aliphatic carbocycles. The van der Waals surface area contributed by atoms with Gasteiger partial charge in [-0.05, 0) is 77.6 Å². The summed E-state index contributed by atoms with van der Waals surface area (Å²) in [5, 5.41) is 0. The van der Waals surface area contributed by atoms with E-state index >= 15 is 0 Å². The number of aryl methyl sites for hydroxylation is 1. The van der Waals surface area contributed by atoms with Gasteiger partial charge in [-0.15, -0.1) is 0 Å². The van der Waals surface area contributed by atoms with Crippen molar-refractivity contribution in [2.45, 2.75) is 51.0 Å². The smallest absolute Gasteiger partial charge is 0.416 e. The molecule has 1 aliphatic rings. The Labute approximate surface area is 245 Å². The predicted molar refractivity (Wildman–Crippen MR) is 148 cm³/mol. The number of halogens is 6. The third-order valence-electron chi connectivity index (χ3n) is 7.43. The quantitative estimate of drug-likeness (QED) is 0.208. The van der Waals surface area contributed by atoms with Crippen LogP contribution in [0.5, 0.6) is 17.2 Å². The number of hydrogen-bond acceptors (Lipinski definition) is 5. The Bertz CT molecular complexity index is 1470. The van der Waals surface area contributed by atoms with E-state index in [0.29, 0.717) is 46.9 Å². The molecule has 0 saturated heterocycles. The first-order valence-electron chi connectivity index (χ1n) is 13.5. The van der Waals surface area contributed by atoms with E-state index in [9.17, 15) is 31.1 Å². The van der Waals surface area contributed by atoms with Crippen molar-refractivity contribution in [2.75, 3.05) is 33.1 Å². The van der Waals surface area contributed by atoms with Crippen LogP contribution in [0.25, 0.3) is 0 Å². The first-order chi connectivity index (χ1) is 20.2. The van der Waals surface area contributed by atoms with Gasteiger partial charge in [0.15, 0.2) is 11.5 Å². The Morgan fingerprint density at radius 1 is 0.930 bits per heavy atom. The van der Waals surface area contributed by atoms with Gasteiger partial charge in [0.1, 0.15) is 5.75 Å². The van der Waals surface area contributed by atoms with Crippen LogP contribution in [0.15, 0.2) is 48.5 Å². The molecule has 3 aromatic carbocycles. The zero-order chi connectivity index (χ0) is 31.5. The first-order valence-corrected chi connectivity index (χ1v) is 13.5. The number of alkyl halides is 6. The van der Waals surface area contributed by atoms with Crippen molar-refractivity contribution in [3.05, 3.63) is 81.9 Å². The molecule has 2 N–H and O–H groups in total. The summed E-state index contributed by atoms with van der Waals surface area (Å²) in [6, 6.07) is 11.0. The van der Waals surface area contributed by atoms with Gasteiger partial charge in [0.05, 0.1) is 44.5 Å². The highest BCUT2D eigenvalue weighted by molar-refractivity contribution is 5.78. The number of carbonyl (C=O) groups is 1. The van der Waals surface area contributed by atoms with Gasteiger partial charge in [0.2, 0.25) is 5.91 Å². The van der Waals surface area contributed by atoms with Crippen LogP contribution in [0, 0.1) is 6.92 Å². The van der Waals surface area contributed by atoms with Crippen molar-refractivity contribution >= 4 is 11.6 Å². The maximum absolute atomic E-state index is 13.4. The van der Waals surface area contributed by atoms with E-state index in [-0.39, 0.29) is 18.7 Å². The van der Waals surface area contributed by atoms with Gasteiger partial charge in [0.25, 0.3) is 0 Å². The lowest BCUT2D eigenvalue weighted by Crippen LogP contribution is -2.41. The highest BCUT2D eigenvalue weighted by Crippen LogP contribution is 2.43. The average molecular weight is 611 g/mol. The lowest BCUT2D eigenvalue weighted by Gasteiger charge is -2.39. The third-order valence-corrected chi connectivity index (χ3v) is 7.43. The number of ether oxygens (including phenoxy) is 3. The molecule has 3 aromatic rings. The van der Waals surface area contributed by atoms with Crippen molar-refractivity contribution in [3.8, 4) is 17.2 Å².